The molecule has 0 unspecified atom stereocenters. The first kappa shape index (κ1) is 34.9. The fraction of sp³-hybridized carbons (Fsp3) is 0.516. The number of nitrogens with zero attached hydrogens (tertiary/aromatic N) is 1. The number of carbonyl (C=O) groups is 1. The van der Waals surface area contributed by atoms with Gasteiger partial charge in [-0.1, -0.05) is 40.7 Å². The number of allylic oxidation sites excluding steroid dienone is 2. The highest BCUT2D eigenvalue weighted by molar-refractivity contribution is 5.81. The summed E-state index contributed by atoms with van der Waals surface area (Å²) < 4.78 is 24.2. The third-order valence-electron chi connectivity index (χ3n) is 6.26. The van der Waals surface area contributed by atoms with E-state index in [4.69, 9.17) is 9.47 Å². The number of Topliss-reactive ketones (excluding diaryl/α,β-unsaturated/α-hetero) is 1. The van der Waals surface area contributed by atoms with Gasteiger partial charge in [-0.05, 0) is 81.8 Å². The average molecular weight is 533 g/mol. The highest BCUT2D eigenvalue weighted by Crippen LogP contribution is 2.37. The molecule has 0 saturated carbocycles. The molecule has 7 heteroatoms. The van der Waals surface area contributed by atoms with Gasteiger partial charge >= 0.3 is 0 Å². The van der Waals surface area contributed by atoms with Gasteiger partial charge in [-0.2, -0.15) is 0 Å². The maximum atomic E-state index is 13.9. The second kappa shape index (κ2) is 18.2. The zero-order chi connectivity index (χ0) is 29.4. The molecule has 0 amide bonds. The van der Waals surface area contributed by atoms with Crippen LogP contribution in [0.2, 0.25) is 0 Å². The molecule has 214 valence electrons. The average Bonchev–Trinajstić information content (AvgIpc) is 3.19. The van der Waals surface area contributed by atoms with Gasteiger partial charge in [-0.15, -0.1) is 0 Å². The van der Waals surface area contributed by atoms with Gasteiger partial charge in [0.05, 0.1) is 14.2 Å². The second-order valence-corrected chi connectivity index (χ2v) is 8.80. The van der Waals surface area contributed by atoms with Crippen LogP contribution < -0.4 is 20.2 Å². The van der Waals surface area contributed by atoms with Crippen LogP contribution in [0.25, 0.3) is 12.2 Å². The van der Waals surface area contributed by atoms with E-state index in [1.807, 2.05) is 33.8 Å². The van der Waals surface area contributed by atoms with E-state index in [1.165, 1.54) is 39.2 Å². The molecule has 0 aliphatic heterocycles. The van der Waals surface area contributed by atoms with Crippen molar-refractivity contribution in [2.24, 2.45) is 0 Å². The predicted molar refractivity (Wildman–Crippen MR) is 157 cm³/mol. The van der Waals surface area contributed by atoms with Crippen molar-refractivity contribution in [1.82, 2.24) is 9.88 Å². The Morgan fingerprint density at radius 1 is 1.08 bits per heavy atom. The number of rotatable bonds is 10. The van der Waals surface area contributed by atoms with Crippen LogP contribution in [0.15, 0.2) is 24.0 Å². The van der Waals surface area contributed by atoms with Crippen LogP contribution in [0.3, 0.4) is 0 Å². The molecule has 0 saturated heterocycles. The minimum atomic E-state index is -0.383. The lowest BCUT2D eigenvalue weighted by molar-refractivity contribution is -0.118. The van der Waals surface area contributed by atoms with Crippen molar-refractivity contribution >= 4 is 17.9 Å². The Kier molecular flexibility index (Phi) is 16.8. The summed E-state index contributed by atoms with van der Waals surface area (Å²) in [5, 5.41) is 11.4. The van der Waals surface area contributed by atoms with Crippen LogP contribution in [0.1, 0.15) is 77.5 Å². The first-order chi connectivity index (χ1) is 18.1. The number of ketones is 1. The van der Waals surface area contributed by atoms with E-state index in [0.29, 0.717) is 11.8 Å². The van der Waals surface area contributed by atoms with Crippen molar-refractivity contribution in [2.75, 3.05) is 28.3 Å². The fourth-order valence-corrected chi connectivity index (χ4v) is 3.90. The van der Waals surface area contributed by atoms with Crippen molar-refractivity contribution in [2.45, 2.75) is 80.2 Å². The summed E-state index contributed by atoms with van der Waals surface area (Å²) in [6.45, 7) is 13.8. The number of hydrogen-bond donors (Lipinski definition) is 2. The summed E-state index contributed by atoms with van der Waals surface area (Å²) >= 11 is 0. The smallest absolute Gasteiger partial charge is 0.200 e. The molecule has 6 nitrogen and oxygen atoms in total. The Bertz CT molecular complexity index is 1120. The molecule has 2 aromatic rings. The third kappa shape index (κ3) is 10.4. The Hall–Kier alpha value is -3.06. The molecule has 0 atom stereocenters. The maximum absolute atomic E-state index is 13.9. The molecule has 2 rings (SSSR count). The van der Waals surface area contributed by atoms with E-state index >= 15 is 0 Å². The van der Waals surface area contributed by atoms with Crippen molar-refractivity contribution in [3.8, 4) is 17.2 Å². The number of benzene rings is 1. The minimum absolute atomic E-state index is 0.0798. The lowest BCUT2D eigenvalue weighted by Crippen LogP contribution is -2.25. The number of carbonyl (C=O) groups excluding carboxylic acids is 1. The van der Waals surface area contributed by atoms with Crippen molar-refractivity contribution < 1.29 is 23.8 Å². The molecule has 0 bridgehead atoms. The van der Waals surface area contributed by atoms with Crippen LogP contribution in [0.5, 0.6) is 17.2 Å². The number of H-pyrrole nitrogens is 1. The molecule has 1 aromatic heterocycles. The van der Waals surface area contributed by atoms with Gasteiger partial charge in [0.1, 0.15) is 11.6 Å². The first-order valence-electron chi connectivity index (χ1n) is 13.4. The molecule has 38 heavy (non-hydrogen) atoms. The Morgan fingerprint density at radius 2 is 1.61 bits per heavy atom. The number of ether oxygens (including phenoxy) is 2. The number of aromatic nitrogens is 1. The molecule has 1 heterocycles. The Morgan fingerprint density at radius 3 is 1.97 bits per heavy atom. The van der Waals surface area contributed by atoms with Crippen LogP contribution in [-0.2, 0) is 11.2 Å². The highest BCUT2D eigenvalue weighted by Gasteiger charge is 2.13. The van der Waals surface area contributed by atoms with Gasteiger partial charge in [-0.25, -0.2) is 4.39 Å². The summed E-state index contributed by atoms with van der Waals surface area (Å²) in [4.78, 5) is 17.5. The Labute approximate surface area is 228 Å². The molecule has 0 radical (unpaired) electrons. The molecule has 2 N–H and O–H groups in total. The number of aromatic hydroxyl groups is 1. The minimum Gasteiger partial charge on any atom is -0.502 e. The largest absolute Gasteiger partial charge is 0.502 e. The summed E-state index contributed by atoms with van der Waals surface area (Å²) in [5.74, 6) is 0.178. The van der Waals surface area contributed by atoms with E-state index in [-0.39, 0.29) is 35.3 Å². The van der Waals surface area contributed by atoms with Crippen molar-refractivity contribution in [3.05, 3.63) is 51.4 Å². The van der Waals surface area contributed by atoms with E-state index < -0.39 is 0 Å². The number of hydrogen-bond acceptors (Lipinski definition) is 5. The fourth-order valence-electron chi connectivity index (χ4n) is 3.90. The monoisotopic (exact) mass is 532 g/mol. The third-order valence-corrected chi connectivity index (χ3v) is 6.26. The van der Waals surface area contributed by atoms with Crippen LogP contribution in [-0.4, -0.2) is 55.1 Å². The van der Waals surface area contributed by atoms with Crippen LogP contribution in [0.4, 0.5) is 4.39 Å². The number of nitrogens with one attached hydrogen (secondary N) is 1. The topological polar surface area (TPSA) is 74.8 Å². The number of methoxy groups -OCH3 is 2. The predicted octanol–water partition coefficient (Wildman–Crippen LogP) is 5.81. The molecule has 0 aliphatic rings. The molecule has 1 aromatic carbocycles. The lowest BCUT2D eigenvalue weighted by atomic mass is 10.0. The summed E-state index contributed by atoms with van der Waals surface area (Å²) in [7, 11) is 7.19. The zero-order valence-electron chi connectivity index (χ0n) is 25.3. The van der Waals surface area contributed by atoms with Gasteiger partial charge in [0.2, 0.25) is 5.75 Å². The SMILES string of the molecule is C/C=C(F)\C=c1/[nH]/c(=C\c2cc(OC)c(O)c(OC)c2)c(C)c1CC(=O)CC.CC.CCC(CC)N(C)C. The number of halogens is 1. The highest BCUT2D eigenvalue weighted by atomic mass is 19.1. The molecule has 0 aliphatic carbocycles. The number of phenolic OH excluding ortho intramolecular Hbond substituents is 1. The summed E-state index contributed by atoms with van der Waals surface area (Å²) in [5.41, 5.74) is 2.36. The van der Waals surface area contributed by atoms with E-state index in [1.54, 1.807) is 19.1 Å². The van der Waals surface area contributed by atoms with E-state index in [9.17, 15) is 14.3 Å². The van der Waals surface area contributed by atoms with E-state index in [2.05, 4.69) is 37.8 Å². The summed E-state index contributed by atoms with van der Waals surface area (Å²) in [6, 6.07) is 4.13. The Balaban J connectivity index is 0.00000117. The van der Waals surface area contributed by atoms with Crippen LogP contribution >= 0.6 is 0 Å². The van der Waals surface area contributed by atoms with Gasteiger partial charge in [0.25, 0.3) is 0 Å². The quantitative estimate of drug-likeness (QED) is 0.404. The lowest BCUT2D eigenvalue weighted by Gasteiger charge is -2.20. The van der Waals surface area contributed by atoms with Crippen molar-refractivity contribution in [3.63, 3.8) is 0 Å². The molecular weight excluding hydrogens is 483 g/mol. The molecule has 0 spiro atoms. The normalized spacial score (nSPS) is 12.2. The van der Waals surface area contributed by atoms with Crippen molar-refractivity contribution in [1.29, 1.82) is 0 Å². The van der Waals surface area contributed by atoms with Gasteiger partial charge in [-0.3, -0.25) is 4.79 Å². The van der Waals surface area contributed by atoms with E-state index in [0.717, 1.165) is 28.1 Å². The number of phenols is 1. The van der Waals surface area contributed by atoms with Crippen LogP contribution in [0, 0.1) is 6.92 Å². The number of aromatic amines is 1. The van der Waals surface area contributed by atoms with Gasteiger partial charge in [0.15, 0.2) is 11.5 Å². The van der Waals surface area contributed by atoms with Gasteiger partial charge in [0, 0.05) is 29.6 Å². The molecule has 0 fully saturated rings. The van der Waals surface area contributed by atoms with Gasteiger partial charge < -0.3 is 24.5 Å². The first-order valence-corrected chi connectivity index (χ1v) is 13.4. The maximum Gasteiger partial charge on any atom is 0.200 e. The standard InChI is InChI=1S/C22H26FNO4.C7H17N.C2H6/c1-6-15(23)11-19-17(12-16(25)7-2)13(3)18(24-19)8-14-9-20(27-4)22(26)21(10-14)28-5;1-5-7(6-2)8(3)4;1-2/h6,8-11,24,26H,7,12H2,1-5H3;7H,5-6H2,1-4H3;1-2H3/b15-6+,18-8-,19-11-;;. The second-order valence-electron chi connectivity index (χ2n) is 8.80. The molecular formula is C31H49FN2O4. The summed E-state index contributed by atoms with van der Waals surface area (Å²) in [6.07, 6.45) is 7.78. The zero-order valence-corrected chi connectivity index (χ0v) is 25.3.